The fraction of sp³-hybridized carbons (Fsp3) is 0.500. The van der Waals surface area contributed by atoms with Crippen LogP contribution in [0.2, 0.25) is 0 Å². The molecule has 2 aromatic rings. The molecule has 1 fully saturated rings. The van der Waals surface area contributed by atoms with Gasteiger partial charge in [0.2, 0.25) is 0 Å². The minimum atomic E-state index is 0.715. The molecular formula is C14H19N3. The number of hydrogen-bond acceptors (Lipinski definition) is 2. The molecule has 0 spiro atoms. The van der Waals surface area contributed by atoms with Gasteiger partial charge < -0.3 is 9.88 Å². The zero-order chi connectivity index (χ0) is 11.7. The normalized spacial score (nSPS) is 15.6. The summed E-state index contributed by atoms with van der Waals surface area (Å²) >= 11 is 0. The second kappa shape index (κ2) is 4.49. The summed E-state index contributed by atoms with van der Waals surface area (Å²) < 4.78 is 2.32. The number of nitrogens with zero attached hydrogens (tertiary/aromatic N) is 2. The molecule has 1 N–H and O–H groups in total. The Labute approximate surface area is 102 Å². The van der Waals surface area contributed by atoms with E-state index < -0.39 is 0 Å². The zero-order valence-electron chi connectivity index (χ0n) is 10.3. The van der Waals surface area contributed by atoms with E-state index in [2.05, 4.69) is 40.0 Å². The highest BCUT2D eigenvalue weighted by atomic mass is 15.1. The third-order valence-electron chi connectivity index (χ3n) is 3.42. The van der Waals surface area contributed by atoms with E-state index in [9.17, 15) is 0 Å². The first-order valence-electron chi connectivity index (χ1n) is 6.54. The van der Waals surface area contributed by atoms with Crippen LogP contribution in [0.4, 0.5) is 0 Å². The second-order valence-corrected chi connectivity index (χ2v) is 4.81. The van der Waals surface area contributed by atoms with Gasteiger partial charge in [-0.2, -0.15) is 0 Å². The summed E-state index contributed by atoms with van der Waals surface area (Å²) in [6.07, 6.45) is 5.71. The molecule has 17 heavy (non-hydrogen) atoms. The second-order valence-electron chi connectivity index (χ2n) is 4.81. The van der Waals surface area contributed by atoms with Gasteiger partial charge in [-0.15, -0.1) is 0 Å². The maximum atomic E-state index is 4.51. The number of likely N-dealkylation sites (N-methyl/N-ethyl adjacent to an activating group) is 1. The van der Waals surface area contributed by atoms with Crippen LogP contribution in [0.15, 0.2) is 24.5 Å². The Kier molecular flexibility index (Phi) is 2.85. The van der Waals surface area contributed by atoms with Gasteiger partial charge in [-0.05, 0) is 50.0 Å². The quantitative estimate of drug-likeness (QED) is 0.798. The average Bonchev–Trinajstić information content (AvgIpc) is 3.10. The van der Waals surface area contributed by atoms with Gasteiger partial charge in [-0.25, -0.2) is 4.98 Å². The topological polar surface area (TPSA) is 29.9 Å². The van der Waals surface area contributed by atoms with Crippen molar-refractivity contribution >= 4 is 11.0 Å². The first-order chi connectivity index (χ1) is 8.38. The first-order valence-corrected chi connectivity index (χ1v) is 6.54. The fourth-order valence-electron chi connectivity index (χ4n) is 2.29. The molecule has 0 radical (unpaired) electrons. The lowest BCUT2D eigenvalue weighted by atomic mass is 10.1. The number of fused-ring (bicyclic) bond motifs is 1. The lowest BCUT2D eigenvalue weighted by molar-refractivity contribution is 0.717. The van der Waals surface area contributed by atoms with Crippen LogP contribution in [0.3, 0.4) is 0 Å². The predicted molar refractivity (Wildman–Crippen MR) is 70.3 cm³/mol. The molecule has 3 rings (SSSR count). The predicted octanol–water partition coefficient (Wildman–Crippen LogP) is 2.52. The van der Waals surface area contributed by atoms with Crippen LogP contribution in [-0.2, 0) is 6.42 Å². The summed E-state index contributed by atoms with van der Waals surface area (Å²) in [4.78, 5) is 4.51. The van der Waals surface area contributed by atoms with Crippen LogP contribution in [0, 0.1) is 0 Å². The maximum absolute atomic E-state index is 4.51. The van der Waals surface area contributed by atoms with E-state index in [1.54, 1.807) is 0 Å². The molecule has 1 aliphatic rings. The van der Waals surface area contributed by atoms with Gasteiger partial charge in [0.1, 0.15) is 0 Å². The number of aromatic nitrogens is 2. The summed E-state index contributed by atoms with van der Waals surface area (Å²) in [6, 6.07) is 7.40. The standard InChI is InChI=1S/C14H19N3/c1-2-15-8-7-11-3-6-14-13(9-11)16-10-17(14)12-4-5-12/h3,6,9-10,12,15H,2,4-5,7-8H2,1H3. The number of hydrogen-bond donors (Lipinski definition) is 1. The van der Waals surface area contributed by atoms with Crippen LogP contribution < -0.4 is 5.32 Å². The molecule has 1 heterocycles. The molecule has 1 aliphatic carbocycles. The minimum Gasteiger partial charge on any atom is -0.327 e. The van der Waals surface area contributed by atoms with Crippen LogP contribution >= 0.6 is 0 Å². The van der Waals surface area contributed by atoms with Gasteiger partial charge in [0, 0.05) is 6.04 Å². The molecule has 0 amide bonds. The SMILES string of the molecule is CCNCCc1ccc2c(c1)ncn2C1CC1. The van der Waals surface area contributed by atoms with Gasteiger partial charge >= 0.3 is 0 Å². The Morgan fingerprint density at radius 2 is 2.29 bits per heavy atom. The number of benzene rings is 1. The highest BCUT2D eigenvalue weighted by Gasteiger charge is 2.24. The van der Waals surface area contributed by atoms with E-state index in [1.165, 1.54) is 23.9 Å². The highest BCUT2D eigenvalue weighted by molar-refractivity contribution is 5.76. The molecule has 1 saturated carbocycles. The summed E-state index contributed by atoms with van der Waals surface area (Å²) in [5.74, 6) is 0. The molecule has 0 atom stereocenters. The number of rotatable bonds is 5. The molecule has 3 nitrogen and oxygen atoms in total. The van der Waals surface area contributed by atoms with Crippen molar-refractivity contribution < 1.29 is 0 Å². The summed E-state index contributed by atoms with van der Waals surface area (Å²) in [7, 11) is 0. The molecule has 0 unspecified atom stereocenters. The van der Waals surface area contributed by atoms with Crippen LogP contribution in [-0.4, -0.2) is 22.6 Å². The van der Waals surface area contributed by atoms with Gasteiger partial charge in [-0.1, -0.05) is 13.0 Å². The molecule has 0 bridgehead atoms. The number of nitrogens with one attached hydrogen (secondary N) is 1. The molecular weight excluding hydrogens is 210 g/mol. The van der Waals surface area contributed by atoms with Crippen molar-refractivity contribution in [1.82, 2.24) is 14.9 Å². The van der Waals surface area contributed by atoms with E-state index in [0.29, 0.717) is 6.04 Å². The zero-order valence-corrected chi connectivity index (χ0v) is 10.3. The van der Waals surface area contributed by atoms with Crippen molar-refractivity contribution in [3.63, 3.8) is 0 Å². The Morgan fingerprint density at radius 1 is 1.41 bits per heavy atom. The van der Waals surface area contributed by atoms with Crippen LogP contribution in [0.25, 0.3) is 11.0 Å². The third kappa shape index (κ3) is 2.20. The smallest absolute Gasteiger partial charge is 0.0960 e. The van der Waals surface area contributed by atoms with Crippen molar-refractivity contribution in [3.05, 3.63) is 30.1 Å². The Hall–Kier alpha value is -1.35. The Bertz CT molecular complexity index is 511. The lowest BCUT2D eigenvalue weighted by Crippen LogP contribution is -2.15. The number of imidazole rings is 1. The van der Waals surface area contributed by atoms with Gasteiger partial charge in [0.25, 0.3) is 0 Å². The van der Waals surface area contributed by atoms with Crippen molar-refractivity contribution in [3.8, 4) is 0 Å². The largest absolute Gasteiger partial charge is 0.327 e. The molecule has 1 aromatic heterocycles. The molecule has 1 aromatic carbocycles. The van der Waals surface area contributed by atoms with Crippen LogP contribution in [0.1, 0.15) is 31.4 Å². The Balaban J connectivity index is 1.81. The van der Waals surface area contributed by atoms with Gasteiger partial charge in [0.05, 0.1) is 17.4 Å². The van der Waals surface area contributed by atoms with Crippen molar-refractivity contribution in [2.24, 2.45) is 0 Å². The Morgan fingerprint density at radius 3 is 3.06 bits per heavy atom. The minimum absolute atomic E-state index is 0.715. The van der Waals surface area contributed by atoms with Gasteiger partial charge in [-0.3, -0.25) is 0 Å². The van der Waals surface area contributed by atoms with Crippen LogP contribution in [0.5, 0.6) is 0 Å². The third-order valence-corrected chi connectivity index (χ3v) is 3.42. The summed E-state index contributed by atoms with van der Waals surface area (Å²) in [5, 5.41) is 3.35. The average molecular weight is 229 g/mol. The monoisotopic (exact) mass is 229 g/mol. The van der Waals surface area contributed by atoms with E-state index in [4.69, 9.17) is 0 Å². The molecule has 0 aliphatic heterocycles. The summed E-state index contributed by atoms with van der Waals surface area (Å²) in [6.45, 7) is 4.23. The van der Waals surface area contributed by atoms with E-state index in [1.807, 2.05) is 6.33 Å². The van der Waals surface area contributed by atoms with E-state index in [0.717, 1.165) is 25.0 Å². The van der Waals surface area contributed by atoms with Crippen molar-refractivity contribution in [1.29, 1.82) is 0 Å². The maximum Gasteiger partial charge on any atom is 0.0960 e. The summed E-state index contributed by atoms with van der Waals surface area (Å²) in [5.41, 5.74) is 3.81. The van der Waals surface area contributed by atoms with E-state index in [-0.39, 0.29) is 0 Å². The highest BCUT2D eigenvalue weighted by Crippen LogP contribution is 2.37. The fourth-order valence-corrected chi connectivity index (χ4v) is 2.29. The molecule has 90 valence electrons. The lowest BCUT2D eigenvalue weighted by Gasteiger charge is -2.04. The van der Waals surface area contributed by atoms with Gasteiger partial charge in [0.15, 0.2) is 0 Å². The van der Waals surface area contributed by atoms with Crippen molar-refractivity contribution in [2.45, 2.75) is 32.2 Å². The molecule has 3 heteroatoms. The first kappa shape index (κ1) is 10.8. The van der Waals surface area contributed by atoms with E-state index >= 15 is 0 Å². The van der Waals surface area contributed by atoms with Crippen molar-refractivity contribution in [2.75, 3.05) is 13.1 Å². The molecule has 0 saturated heterocycles.